The van der Waals surface area contributed by atoms with Crippen LogP contribution >= 0.6 is 0 Å². The van der Waals surface area contributed by atoms with Gasteiger partial charge >= 0.3 is 0 Å². The van der Waals surface area contributed by atoms with E-state index in [-0.39, 0.29) is 0 Å². The van der Waals surface area contributed by atoms with Gasteiger partial charge in [0.15, 0.2) is 0 Å². The van der Waals surface area contributed by atoms with Crippen LogP contribution in [0.4, 0.5) is 5.69 Å². The maximum Gasteiger partial charge on any atom is 0.0366 e. The normalized spacial score (nSPS) is 15.6. The predicted molar refractivity (Wildman–Crippen MR) is 74.4 cm³/mol. The van der Waals surface area contributed by atoms with Crippen molar-refractivity contribution in [3.8, 4) is 0 Å². The lowest BCUT2D eigenvalue weighted by atomic mass is 9.85. The molecule has 1 N–H and O–H groups in total. The van der Waals surface area contributed by atoms with Gasteiger partial charge in [-0.1, -0.05) is 18.6 Å². The molecule has 1 aromatic rings. The molecule has 2 rings (SSSR count). The van der Waals surface area contributed by atoms with Crippen LogP contribution < -0.4 is 10.2 Å². The summed E-state index contributed by atoms with van der Waals surface area (Å²) >= 11 is 0. The van der Waals surface area contributed by atoms with E-state index in [0.29, 0.717) is 0 Å². The van der Waals surface area contributed by atoms with E-state index in [9.17, 15) is 0 Å². The Morgan fingerprint density at radius 1 is 1.24 bits per heavy atom. The Hall–Kier alpha value is -1.02. The van der Waals surface area contributed by atoms with Gasteiger partial charge in [0.1, 0.15) is 0 Å². The number of rotatable bonds is 6. The van der Waals surface area contributed by atoms with Crippen molar-refractivity contribution in [1.82, 2.24) is 5.32 Å². The zero-order chi connectivity index (χ0) is 12.1. The highest BCUT2D eigenvalue weighted by Gasteiger charge is 2.20. The van der Waals surface area contributed by atoms with E-state index in [1.165, 1.54) is 37.1 Å². The molecule has 0 unspecified atom stereocenters. The molecule has 0 aliphatic heterocycles. The highest BCUT2D eigenvalue weighted by atomic mass is 15.1. The largest absolute Gasteiger partial charge is 0.372 e. The van der Waals surface area contributed by atoms with Crippen molar-refractivity contribution in [2.24, 2.45) is 5.92 Å². The summed E-state index contributed by atoms with van der Waals surface area (Å²) in [7, 11) is 1.99. The van der Waals surface area contributed by atoms with E-state index in [0.717, 1.165) is 19.0 Å². The summed E-state index contributed by atoms with van der Waals surface area (Å²) in [6, 6.07) is 8.98. The van der Waals surface area contributed by atoms with Crippen molar-refractivity contribution < 1.29 is 0 Å². The molecule has 0 bridgehead atoms. The Balaban J connectivity index is 1.97. The molecule has 0 amide bonds. The second-order valence-corrected chi connectivity index (χ2v) is 5.03. The molecule has 2 nitrogen and oxygen atoms in total. The van der Waals surface area contributed by atoms with Crippen molar-refractivity contribution >= 4 is 5.69 Å². The molecule has 0 atom stereocenters. The third-order valence-corrected chi connectivity index (χ3v) is 3.77. The van der Waals surface area contributed by atoms with Gasteiger partial charge in [0, 0.05) is 25.3 Å². The quantitative estimate of drug-likeness (QED) is 0.811. The van der Waals surface area contributed by atoms with Gasteiger partial charge in [0.05, 0.1) is 0 Å². The number of hydrogen-bond donors (Lipinski definition) is 1. The fraction of sp³-hybridized carbons (Fsp3) is 0.600. The fourth-order valence-electron chi connectivity index (χ4n) is 2.43. The van der Waals surface area contributed by atoms with Crippen LogP contribution in [0.3, 0.4) is 0 Å². The van der Waals surface area contributed by atoms with Crippen LogP contribution in [0.1, 0.15) is 31.7 Å². The Morgan fingerprint density at radius 2 is 1.94 bits per heavy atom. The molecule has 0 saturated heterocycles. The standard InChI is InChI=1S/C15H24N2/c1-3-17(12-14-5-4-6-14)15-9-7-13(8-10-15)11-16-2/h7-10,14,16H,3-6,11-12H2,1-2H3. The lowest BCUT2D eigenvalue weighted by molar-refractivity contribution is 0.318. The Bertz CT molecular complexity index is 327. The average Bonchev–Trinajstić information content (AvgIpc) is 2.30. The Labute approximate surface area is 105 Å². The van der Waals surface area contributed by atoms with Crippen LogP contribution in [0, 0.1) is 5.92 Å². The van der Waals surface area contributed by atoms with Gasteiger partial charge in [-0.05, 0) is 50.4 Å². The zero-order valence-corrected chi connectivity index (χ0v) is 11.1. The summed E-state index contributed by atoms with van der Waals surface area (Å²) in [5.41, 5.74) is 2.73. The second kappa shape index (κ2) is 6.06. The lowest BCUT2D eigenvalue weighted by Gasteiger charge is -2.33. The number of nitrogens with zero attached hydrogens (tertiary/aromatic N) is 1. The van der Waals surface area contributed by atoms with Gasteiger partial charge in [0.25, 0.3) is 0 Å². The molecular formula is C15H24N2. The summed E-state index contributed by atoms with van der Waals surface area (Å²) < 4.78 is 0. The first kappa shape index (κ1) is 12.4. The molecule has 94 valence electrons. The summed E-state index contributed by atoms with van der Waals surface area (Å²) in [4.78, 5) is 2.51. The van der Waals surface area contributed by atoms with Gasteiger partial charge in [-0.15, -0.1) is 0 Å². The minimum Gasteiger partial charge on any atom is -0.372 e. The van der Waals surface area contributed by atoms with Crippen LogP contribution in [0.5, 0.6) is 0 Å². The second-order valence-electron chi connectivity index (χ2n) is 5.03. The molecule has 2 heteroatoms. The lowest BCUT2D eigenvalue weighted by Crippen LogP contribution is -2.32. The van der Waals surface area contributed by atoms with Crippen molar-refractivity contribution in [3.63, 3.8) is 0 Å². The molecule has 1 saturated carbocycles. The molecule has 0 spiro atoms. The van der Waals surface area contributed by atoms with E-state index in [4.69, 9.17) is 0 Å². The molecular weight excluding hydrogens is 208 g/mol. The Kier molecular flexibility index (Phi) is 4.43. The highest BCUT2D eigenvalue weighted by Crippen LogP contribution is 2.28. The topological polar surface area (TPSA) is 15.3 Å². The Morgan fingerprint density at radius 3 is 2.41 bits per heavy atom. The van der Waals surface area contributed by atoms with Gasteiger partial charge in [-0.3, -0.25) is 0 Å². The van der Waals surface area contributed by atoms with Crippen LogP contribution in [-0.2, 0) is 6.54 Å². The fourth-order valence-corrected chi connectivity index (χ4v) is 2.43. The first-order valence-electron chi connectivity index (χ1n) is 6.82. The molecule has 0 aromatic heterocycles. The SMILES string of the molecule is CCN(CC1CCC1)c1ccc(CNC)cc1. The molecule has 1 aliphatic rings. The average molecular weight is 232 g/mol. The maximum atomic E-state index is 3.18. The van der Waals surface area contributed by atoms with E-state index in [2.05, 4.69) is 41.4 Å². The zero-order valence-electron chi connectivity index (χ0n) is 11.1. The van der Waals surface area contributed by atoms with E-state index >= 15 is 0 Å². The monoisotopic (exact) mass is 232 g/mol. The molecule has 1 aromatic carbocycles. The van der Waals surface area contributed by atoms with E-state index in [1.807, 2.05) is 7.05 Å². The summed E-state index contributed by atoms with van der Waals surface area (Å²) in [5.74, 6) is 0.937. The van der Waals surface area contributed by atoms with Gasteiger partial charge in [0.2, 0.25) is 0 Å². The predicted octanol–water partition coefficient (Wildman–Crippen LogP) is 3.03. The minimum absolute atomic E-state index is 0.937. The number of hydrogen-bond acceptors (Lipinski definition) is 2. The van der Waals surface area contributed by atoms with Crippen LogP contribution in [0.15, 0.2) is 24.3 Å². The minimum atomic E-state index is 0.937. The van der Waals surface area contributed by atoms with Crippen molar-refractivity contribution in [3.05, 3.63) is 29.8 Å². The van der Waals surface area contributed by atoms with E-state index in [1.54, 1.807) is 0 Å². The van der Waals surface area contributed by atoms with Crippen molar-refractivity contribution in [2.75, 3.05) is 25.0 Å². The summed E-state index contributed by atoms with van der Waals surface area (Å²) in [5, 5.41) is 3.18. The van der Waals surface area contributed by atoms with Crippen molar-refractivity contribution in [2.45, 2.75) is 32.7 Å². The molecule has 17 heavy (non-hydrogen) atoms. The van der Waals surface area contributed by atoms with E-state index < -0.39 is 0 Å². The molecule has 0 radical (unpaired) electrons. The van der Waals surface area contributed by atoms with Gasteiger partial charge < -0.3 is 10.2 Å². The number of benzene rings is 1. The smallest absolute Gasteiger partial charge is 0.0366 e. The van der Waals surface area contributed by atoms with Gasteiger partial charge in [-0.2, -0.15) is 0 Å². The van der Waals surface area contributed by atoms with Crippen molar-refractivity contribution in [1.29, 1.82) is 0 Å². The van der Waals surface area contributed by atoms with Gasteiger partial charge in [-0.25, -0.2) is 0 Å². The highest BCUT2D eigenvalue weighted by molar-refractivity contribution is 5.47. The van der Waals surface area contributed by atoms with Crippen LogP contribution in [-0.4, -0.2) is 20.1 Å². The summed E-state index contributed by atoms with van der Waals surface area (Å²) in [6.45, 7) is 5.55. The first-order chi connectivity index (χ1) is 8.33. The van der Waals surface area contributed by atoms with Crippen LogP contribution in [0.2, 0.25) is 0 Å². The number of anilines is 1. The third kappa shape index (κ3) is 3.22. The van der Waals surface area contributed by atoms with Crippen LogP contribution in [0.25, 0.3) is 0 Å². The molecule has 0 heterocycles. The third-order valence-electron chi connectivity index (χ3n) is 3.77. The molecule has 1 aliphatic carbocycles. The number of nitrogens with one attached hydrogen (secondary N) is 1. The maximum absolute atomic E-state index is 3.18. The molecule has 1 fully saturated rings. The summed E-state index contributed by atoms with van der Waals surface area (Å²) in [6.07, 6.45) is 4.28. The first-order valence-corrected chi connectivity index (χ1v) is 6.82.